The van der Waals surface area contributed by atoms with Crippen LogP contribution in [-0.2, 0) is 24.3 Å². The average Bonchev–Trinajstić information content (AvgIpc) is 2.62. The van der Waals surface area contributed by atoms with E-state index in [0.29, 0.717) is 12.8 Å². The molecule has 2 rings (SSSR count). The third-order valence-corrected chi connectivity index (χ3v) is 5.81. The number of benzene rings is 1. The second-order valence-electron chi connectivity index (χ2n) is 6.46. The predicted molar refractivity (Wildman–Crippen MR) is 94.5 cm³/mol. The molecule has 1 aliphatic heterocycles. The molecule has 0 N–H and O–H groups in total. The molecule has 1 aromatic rings. The van der Waals surface area contributed by atoms with E-state index in [9.17, 15) is 26.8 Å². The minimum Gasteiger partial charge on any atom is -0.469 e. The summed E-state index contributed by atoms with van der Waals surface area (Å²) in [4.78, 5) is 25.8. The lowest BCUT2D eigenvalue weighted by atomic mass is 9.96. The van der Waals surface area contributed by atoms with Crippen LogP contribution in [0.3, 0.4) is 0 Å². The van der Waals surface area contributed by atoms with E-state index in [2.05, 4.69) is 0 Å². The van der Waals surface area contributed by atoms with Crippen molar-refractivity contribution in [3.05, 3.63) is 29.8 Å². The third-order valence-electron chi connectivity index (χ3n) is 4.57. The second-order valence-corrected chi connectivity index (χ2v) is 8.32. The van der Waals surface area contributed by atoms with E-state index in [-0.39, 0.29) is 30.7 Å². The van der Waals surface area contributed by atoms with Gasteiger partial charge in [-0.1, -0.05) is 0 Å². The maximum atomic E-state index is 13.6. The topological polar surface area (TPSA) is 84.0 Å². The van der Waals surface area contributed by atoms with Gasteiger partial charge in [-0.3, -0.25) is 13.9 Å². The molecule has 0 aliphatic carbocycles. The molecule has 1 atom stereocenters. The van der Waals surface area contributed by atoms with Gasteiger partial charge in [-0.2, -0.15) is 0 Å². The van der Waals surface area contributed by atoms with Crippen LogP contribution in [0, 0.1) is 17.6 Å². The summed E-state index contributed by atoms with van der Waals surface area (Å²) >= 11 is 0. The molecule has 150 valence electrons. The molecule has 1 aliphatic rings. The molecule has 1 aromatic carbocycles. The van der Waals surface area contributed by atoms with Gasteiger partial charge in [0.1, 0.15) is 6.04 Å². The normalized spacial score (nSPS) is 16.7. The molecule has 1 amide bonds. The van der Waals surface area contributed by atoms with Crippen molar-refractivity contribution in [3.8, 4) is 0 Å². The van der Waals surface area contributed by atoms with E-state index in [1.165, 1.54) is 18.9 Å². The van der Waals surface area contributed by atoms with Gasteiger partial charge >= 0.3 is 5.97 Å². The fourth-order valence-corrected chi connectivity index (χ4v) is 4.35. The largest absolute Gasteiger partial charge is 0.469 e. The van der Waals surface area contributed by atoms with Gasteiger partial charge in [0.05, 0.1) is 25.0 Å². The number of anilines is 1. The molecular weight excluding hydrogens is 382 g/mol. The van der Waals surface area contributed by atoms with Crippen LogP contribution in [0.15, 0.2) is 18.2 Å². The minimum absolute atomic E-state index is 0.137. The number of likely N-dealkylation sites (tertiary alicyclic amines) is 1. The van der Waals surface area contributed by atoms with E-state index in [4.69, 9.17) is 4.74 Å². The van der Waals surface area contributed by atoms with E-state index >= 15 is 0 Å². The van der Waals surface area contributed by atoms with Crippen LogP contribution in [0.4, 0.5) is 14.5 Å². The Balaban J connectivity index is 2.21. The van der Waals surface area contributed by atoms with Gasteiger partial charge in [0, 0.05) is 19.2 Å². The fraction of sp³-hybridized carbons (Fsp3) is 0.529. The second kappa shape index (κ2) is 8.20. The summed E-state index contributed by atoms with van der Waals surface area (Å²) in [5, 5.41) is 0. The van der Waals surface area contributed by atoms with Crippen LogP contribution in [0.2, 0.25) is 0 Å². The van der Waals surface area contributed by atoms with Crippen molar-refractivity contribution >= 4 is 27.6 Å². The molecule has 0 saturated carbocycles. The standard InChI is InChI=1S/C17H22F2N2O5S/c1-11(16(22)20-8-6-12(7-9-20)17(23)26-2)21(27(3,24)25)13-4-5-14(18)15(19)10-13/h4-5,10-12H,6-9H2,1-3H3/t11-/m0/s1. The zero-order chi connectivity index (χ0) is 20.4. The molecule has 10 heteroatoms. The SMILES string of the molecule is COC(=O)C1CCN(C(=O)[C@H](C)N(c2ccc(F)c(F)c2)S(C)(=O)=O)CC1. The summed E-state index contributed by atoms with van der Waals surface area (Å²) in [5.41, 5.74) is -0.137. The highest BCUT2D eigenvalue weighted by atomic mass is 32.2. The first-order chi connectivity index (χ1) is 12.6. The number of carbonyl (C=O) groups is 2. The summed E-state index contributed by atoms with van der Waals surface area (Å²) in [6, 6.07) is 1.50. The molecule has 0 unspecified atom stereocenters. The molecule has 0 aromatic heterocycles. The van der Waals surface area contributed by atoms with E-state index in [1.807, 2.05) is 0 Å². The first-order valence-electron chi connectivity index (χ1n) is 8.37. The Morgan fingerprint density at radius 2 is 1.81 bits per heavy atom. The number of methoxy groups -OCH3 is 1. The van der Waals surface area contributed by atoms with Crippen LogP contribution in [0.25, 0.3) is 0 Å². The summed E-state index contributed by atoms with van der Waals surface area (Å²) in [5.74, 6) is -3.44. The molecule has 1 saturated heterocycles. The predicted octanol–water partition coefficient (Wildman–Crippen LogP) is 1.53. The van der Waals surface area contributed by atoms with Gasteiger partial charge in [0.2, 0.25) is 15.9 Å². The summed E-state index contributed by atoms with van der Waals surface area (Å²) in [6.45, 7) is 1.94. The number of halogens is 2. The highest BCUT2D eigenvalue weighted by molar-refractivity contribution is 7.92. The van der Waals surface area contributed by atoms with Crippen molar-refractivity contribution in [1.82, 2.24) is 4.90 Å². The summed E-state index contributed by atoms with van der Waals surface area (Å²) < 4.78 is 56.6. The maximum absolute atomic E-state index is 13.6. The van der Waals surface area contributed by atoms with Crippen molar-refractivity contribution in [1.29, 1.82) is 0 Å². The number of piperidine rings is 1. The van der Waals surface area contributed by atoms with Gasteiger partial charge < -0.3 is 9.64 Å². The minimum atomic E-state index is -3.94. The fourth-order valence-electron chi connectivity index (χ4n) is 3.19. The van der Waals surface area contributed by atoms with Gasteiger partial charge in [-0.05, 0) is 31.9 Å². The average molecular weight is 404 g/mol. The molecule has 7 nitrogen and oxygen atoms in total. The molecule has 0 radical (unpaired) electrons. The number of amides is 1. The van der Waals surface area contributed by atoms with Crippen LogP contribution in [0.5, 0.6) is 0 Å². The van der Waals surface area contributed by atoms with E-state index in [0.717, 1.165) is 28.8 Å². The highest BCUT2D eigenvalue weighted by Crippen LogP contribution is 2.25. The number of ether oxygens (including phenoxy) is 1. The number of hydrogen-bond acceptors (Lipinski definition) is 5. The lowest BCUT2D eigenvalue weighted by molar-refractivity contribution is -0.149. The first kappa shape index (κ1) is 21.1. The zero-order valence-electron chi connectivity index (χ0n) is 15.3. The molecule has 27 heavy (non-hydrogen) atoms. The quantitative estimate of drug-likeness (QED) is 0.695. The summed E-state index contributed by atoms with van der Waals surface area (Å²) in [6.07, 6.45) is 1.71. The number of carbonyl (C=O) groups excluding carboxylic acids is 2. The monoisotopic (exact) mass is 404 g/mol. The number of hydrogen-bond donors (Lipinski definition) is 0. The van der Waals surface area contributed by atoms with E-state index in [1.54, 1.807) is 0 Å². The van der Waals surface area contributed by atoms with Crippen LogP contribution < -0.4 is 4.31 Å². The number of nitrogens with zero attached hydrogens (tertiary/aromatic N) is 2. The molecule has 1 heterocycles. The van der Waals surface area contributed by atoms with Crippen molar-refractivity contribution in [2.45, 2.75) is 25.8 Å². The number of rotatable bonds is 5. The molecule has 0 bridgehead atoms. The Morgan fingerprint density at radius 3 is 2.30 bits per heavy atom. The summed E-state index contributed by atoms with van der Waals surface area (Å²) in [7, 11) is -2.64. The molecular formula is C17H22F2N2O5S. The van der Waals surface area contributed by atoms with Crippen LogP contribution in [-0.4, -0.2) is 57.7 Å². The Hall–Kier alpha value is -2.23. The highest BCUT2D eigenvalue weighted by Gasteiger charge is 2.35. The Labute approximate surface area is 156 Å². The van der Waals surface area contributed by atoms with Crippen molar-refractivity contribution in [2.24, 2.45) is 5.92 Å². The van der Waals surface area contributed by atoms with Gasteiger partial charge in [-0.15, -0.1) is 0 Å². The first-order valence-corrected chi connectivity index (χ1v) is 10.2. The van der Waals surface area contributed by atoms with E-state index < -0.39 is 33.6 Å². The van der Waals surface area contributed by atoms with Crippen molar-refractivity contribution < 1.29 is 31.5 Å². The smallest absolute Gasteiger partial charge is 0.308 e. The Kier molecular flexibility index (Phi) is 6.40. The number of esters is 1. The lowest BCUT2D eigenvalue weighted by Gasteiger charge is -2.36. The molecule has 1 fully saturated rings. The zero-order valence-corrected chi connectivity index (χ0v) is 16.1. The number of sulfonamides is 1. The van der Waals surface area contributed by atoms with Gasteiger partial charge in [0.25, 0.3) is 0 Å². The van der Waals surface area contributed by atoms with Crippen LogP contribution >= 0.6 is 0 Å². The van der Waals surface area contributed by atoms with Crippen LogP contribution in [0.1, 0.15) is 19.8 Å². The molecule has 0 spiro atoms. The Bertz CT molecular complexity index is 823. The van der Waals surface area contributed by atoms with Gasteiger partial charge in [-0.25, -0.2) is 17.2 Å². The third kappa shape index (κ3) is 4.74. The van der Waals surface area contributed by atoms with Crippen molar-refractivity contribution in [3.63, 3.8) is 0 Å². The Morgan fingerprint density at radius 1 is 1.22 bits per heavy atom. The van der Waals surface area contributed by atoms with Crippen molar-refractivity contribution in [2.75, 3.05) is 30.8 Å². The lowest BCUT2D eigenvalue weighted by Crippen LogP contribution is -2.51. The maximum Gasteiger partial charge on any atom is 0.308 e. The van der Waals surface area contributed by atoms with Gasteiger partial charge in [0.15, 0.2) is 11.6 Å².